The van der Waals surface area contributed by atoms with Crippen LogP contribution in [0.3, 0.4) is 0 Å². The normalized spacial score (nSPS) is 12.7. The highest BCUT2D eigenvalue weighted by Gasteiger charge is 2.55. The Hall–Kier alpha value is -1.21. The highest BCUT2D eigenvalue weighted by molar-refractivity contribution is 6.07. The number of hydrogen-bond donors (Lipinski definition) is 0. The van der Waals surface area contributed by atoms with E-state index < -0.39 is 30.3 Å². The summed E-state index contributed by atoms with van der Waals surface area (Å²) in [7, 11) is 0. The van der Waals surface area contributed by atoms with Crippen LogP contribution in [0.2, 0.25) is 0 Å². The molecule has 0 bridgehead atoms. The van der Waals surface area contributed by atoms with Crippen molar-refractivity contribution in [2.24, 2.45) is 0 Å². The zero-order valence-corrected chi connectivity index (χ0v) is 5.82. The number of alkyl halides is 5. The molecule has 0 aromatic heterocycles. The second-order valence-electron chi connectivity index (χ2n) is 2.03. The number of hydrogen-bond acceptors (Lipinski definition) is 3. The molecular formula is C5H2F5O3-. The van der Waals surface area contributed by atoms with Crippen molar-refractivity contribution < 1.29 is 36.6 Å². The van der Waals surface area contributed by atoms with Crippen molar-refractivity contribution in [2.45, 2.75) is 11.8 Å². The van der Waals surface area contributed by atoms with E-state index in [0.29, 0.717) is 0 Å². The van der Waals surface area contributed by atoms with E-state index in [0.717, 1.165) is 0 Å². The fourth-order valence-corrected chi connectivity index (χ4v) is 0.383. The Bertz CT molecular complexity index is 236. The van der Waals surface area contributed by atoms with Gasteiger partial charge in [0.05, 0.1) is 0 Å². The number of carbonyl (C=O) groups excluding carboxylic acids is 2. The number of halogens is 5. The highest BCUT2D eigenvalue weighted by Crippen LogP contribution is 2.26. The average molecular weight is 205 g/mol. The predicted molar refractivity (Wildman–Crippen MR) is 25.9 cm³/mol. The summed E-state index contributed by atoms with van der Waals surface area (Å²) >= 11 is 0. The fraction of sp³-hybridized carbons (Fsp3) is 0.600. The molecular weight excluding hydrogens is 203 g/mol. The van der Waals surface area contributed by atoms with Gasteiger partial charge < -0.3 is 9.90 Å². The Labute approximate surface area is 68.1 Å². The van der Waals surface area contributed by atoms with E-state index in [1.54, 1.807) is 0 Å². The molecule has 0 heterocycles. The van der Waals surface area contributed by atoms with Crippen LogP contribution in [0.15, 0.2) is 0 Å². The monoisotopic (exact) mass is 205 g/mol. The number of ketones is 1. The van der Waals surface area contributed by atoms with E-state index in [2.05, 4.69) is 0 Å². The molecule has 0 aliphatic carbocycles. The van der Waals surface area contributed by atoms with Gasteiger partial charge in [-0.15, -0.1) is 0 Å². The molecule has 0 amide bonds. The molecule has 0 rings (SSSR count). The summed E-state index contributed by atoms with van der Waals surface area (Å²) in [6.07, 6.45) is 0. The van der Waals surface area contributed by atoms with E-state index in [4.69, 9.17) is 0 Å². The minimum atomic E-state index is -5.38. The number of carboxylic acid groups (broad SMARTS) is 1. The lowest BCUT2D eigenvalue weighted by Crippen LogP contribution is -2.54. The first-order chi connectivity index (χ1) is 5.66. The molecule has 0 N–H and O–H groups in total. The Morgan fingerprint density at radius 1 is 1.15 bits per heavy atom. The van der Waals surface area contributed by atoms with E-state index in [1.807, 2.05) is 0 Å². The van der Waals surface area contributed by atoms with Crippen molar-refractivity contribution in [1.29, 1.82) is 0 Å². The van der Waals surface area contributed by atoms with Crippen molar-refractivity contribution >= 4 is 11.8 Å². The van der Waals surface area contributed by atoms with Crippen LogP contribution < -0.4 is 5.11 Å². The second-order valence-corrected chi connectivity index (χ2v) is 2.03. The third-order valence-electron chi connectivity index (χ3n) is 1.04. The van der Waals surface area contributed by atoms with Gasteiger partial charge in [0.1, 0.15) is 5.97 Å². The van der Waals surface area contributed by atoms with Gasteiger partial charge in [-0.3, -0.25) is 4.79 Å². The van der Waals surface area contributed by atoms with Crippen LogP contribution in [0.1, 0.15) is 0 Å². The van der Waals surface area contributed by atoms with Crippen molar-refractivity contribution in [3.05, 3.63) is 0 Å². The first kappa shape index (κ1) is 11.8. The van der Waals surface area contributed by atoms with Gasteiger partial charge in [-0.1, -0.05) is 0 Å². The zero-order chi connectivity index (χ0) is 10.9. The van der Waals surface area contributed by atoms with Gasteiger partial charge in [0, 0.05) is 0 Å². The summed E-state index contributed by atoms with van der Waals surface area (Å²) in [6.45, 7) is -2.69. The quantitative estimate of drug-likeness (QED) is 0.461. The Morgan fingerprint density at radius 2 is 1.54 bits per heavy atom. The maximum Gasteiger partial charge on any atom is 0.350 e. The fourth-order valence-electron chi connectivity index (χ4n) is 0.383. The van der Waals surface area contributed by atoms with E-state index in [9.17, 15) is 36.6 Å². The van der Waals surface area contributed by atoms with Gasteiger partial charge in [-0.05, 0) is 0 Å². The lowest BCUT2D eigenvalue weighted by Gasteiger charge is -2.19. The molecule has 76 valence electrons. The predicted octanol–water partition coefficient (Wildman–Crippen LogP) is -0.455. The third-order valence-corrected chi connectivity index (χ3v) is 1.04. The summed E-state index contributed by atoms with van der Waals surface area (Å²) in [4.78, 5) is 19.5. The Balaban J connectivity index is 4.90. The van der Waals surface area contributed by atoms with Crippen LogP contribution in [-0.4, -0.2) is 30.3 Å². The van der Waals surface area contributed by atoms with Crippen LogP contribution in [0.5, 0.6) is 0 Å². The van der Waals surface area contributed by atoms with Crippen molar-refractivity contribution in [3.63, 3.8) is 0 Å². The summed E-state index contributed by atoms with van der Waals surface area (Å²) < 4.78 is 59.0. The van der Waals surface area contributed by atoms with E-state index in [-0.39, 0.29) is 0 Å². The SMILES string of the molecule is O=C([O-])C(F)(F)C(=O)C(F)(F)CF. The maximum atomic E-state index is 12.0. The summed E-state index contributed by atoms with van der Waals surface area (Å²) in [5, 5.41) is 9.49. The van der Waals surface area contributed by atoms with E-state index in [1.165, 1.54) is 0 Å². The van der Waals surface area contributed by atoms with E-state index >= 15 is 0 Å². The minimum Gasteiger partial charge on any atom is -0.544 e. The highest BCUT2D eigenvalue weighted by atomic mass is 19.3. The molecule has 8 heteroatoms. The summed E-state index contributed by atoms with van der Waals surface area (Å²) in [5.41, 5.74) is 0. The van der Waals surface area contributed by atoms with Crippen molar-refractivity contribution in [2.75, 3.05) is 6.67 Å². The van der Waals surface area contributed by atoms with Crippen LogP contribution in [-0.2, 0) is 9.59 Å². The number of rotatable bonds is 4. The van der Waals surface area contributed by atoms with Crippen LogP contribution in [0.4, 0.5) is 22.0 Å². The smallest absolute Gasteiger partial charge is 0.350 e. The molecule has 0 spiro atoms. The van der Waals surface area contributed by atoms with Gasteiger partial charge in [-0.25, -0.2) is 4.39 Å². The molecule has 0 aromatic rings. The van der Waals surface area contributed by atoms with Gasteiger partial charge in [0.15, 0.2) is 6.67 Å². The molecule has 0 radical (unpaired) electrons. The number of carbonyl (C=O) groups is 2. The van der Waals surface area contributed by atoms with Crippen LogP contribution in [0, 0.1) is 0 Å². The van der Waals surface area contributed by atoms with Crippen LogP contribution in [0.25, 0.3) is 0 Å². The standard InChI is InChI=1S/C5H3F5O3/c6-1-4(7,8)2(11)5(9,10)3(12)13/h1H2,(H,12,13)/p-1. The average Bonchev–Trinajstić information content (AvgIpc) is 2.02. The topological polar surface area (TPSA) is 57.2 Å². The maximum absolute atomic E-state index is 12.0. The second kappa shape index (κ2) is 3.27. The summed E-state index contributed by atoms with van der Waals surface area (Å²) in [6, 6.07) is 0. The molecule has 0 unspecified atom stereocenters. The molecule has 0 aliphatic heterocycles. The Morgan fingerprint density at radius 3 is 1.77 bits per heavy atom. The minimum absolute atomic E-state index is 2.69. The molecule has 0 atom stereocenters. The molecule has 13 heavy (non-hydrogen) atoms. The number of carboxylic acids is 1. The lowest BCUT2D eigenvalue weighted by atomic mass is 10.1. The molecule has 0 fully saturated rings. The molecule has 0 saturated carbocycles. The Kier molecular flexibility index (Phi) is 2.96. The zero-order valence-electron chi connectivity index (χ0n) is 5.82. The van der Waals surface area contributed by atoms with Gasteiger partial charge >= 0.3 is 11.8 Å². The number of Topliss-reactive ketones (excluding diaryl/α,β-unsaturated/α-hetero) is 1. The van der Waals surface area contributed by atoms with Gasteiger partial charge in [0.25, 0.3) is 5.78 Å². The molecule has 3 nitrogen and oxygen atoms in total. The first-order valence-electron chi connectivity index (χ1n) is 2.74. The van der Waals surface area contributed by atoms with Gasteiger partial charge in [-0.2, -0.15) is 17.6 Å². The van der Waals surface area contributed by atoms with Crippen molar-refractivity contribution in [1.82, 2.24) is 0 Å². The van der Waals surface area contributed by atoms with Gasteiger partial charge in [0.2, 0.25) is 0 Å². The van der Waals surface area contributed by atoms with Crippen molar-refractivity contribution in [3.8, 4) is 0 Å². The molecule has 0 saturated heterocycles. The third kappa shape index (κ3) is 2.13. The summed E-state index contributed by atoms with van der Waals surface area (Å²) in [5.74, 6) is -17.0. The molecule has 0 aromatic carbocycles. The first-order valence-corrected chi connectivity index (χ1v) is 2.74. The lowest BCUT2D eigenvalue weighted by molar-refractivity contribution is -0.326. The van der Waals surface area contributed by atoms with Crippen LogP contribution >= 0.6 is 0 Å². The number of aliphatic carboxylic acids is 1. The largest absolute Gasteiger partial charge is 0.544 e. The molecule has 0 aliphatic rings.